The highest BCUT2D eigenvalue weighted by Gasteiger charge is 2.33. The third-order valence-corrected chi connectivity index (χ3v) is 4.08. The maximum Gasteiger partial charge on any atom is 0.317 e. The summed E-state index contributed by atoms with van der Waals surface area (Å²) in [6, 6.07) is -0.0150. The van der Waals surface area contributed by atoms with Gasteiger partial charge < -0.3 is 15.3 Å². The van der Waals surface area contributed by atoms with Gasteiger partial charge in [-0.1, -0.05) is 6.92 Å². The summed E-state index contributed by atoms with van der Waals surface area (Å²) in [5.41, 5.74) is 0. The SMILES string of the molecule is CSCCCCNC(=O)N1CC[C@H](C)[C@H]1CO. The van der Waals surface area contributed by atoms with Gasteiger partial charge in [-0.05, 0) is 37.2 Å². The van der Waals surface area contributed by atoms with Crippen LogP contribution < -0.4 is 5.32 Å². The van der Waals surface area contributed by atoms with Crippen molar-refractivity contribution in [3.63, 3.8) is 0 Å². The molecule has 1 aliphatic heterocycles. The minimum atomic E-state index is -0.0162. The van der Waals surface area contributed by atoms with Crippen molar-refractivity contribution >= 4 is 17.8 Å². The number of nitrogens with one attached hydrogen (secondary N) is 1. The number of carbonyl (C=O) groups is 1. The van der Waals surface area contributed by atoms with Crippen molar-refractivity contribution in [1.82, 2.24) is 10.2 Å². The van der Waals surface area contributed by atoms with Gasteiger partial charge in [-0.15, -0.1) is 0 Å². The number of hydrogen-bond acceptors (Lipinski definition) is 3. The number of carbonyl (C=O) groups excluding carboxylic acids is 1. The van der Waals surface area contributed by atoms with E-state index in [1.165, 1.54) is 0 Å². The molecule has 0 saturated carbocycles. The summed E-state index contributed by atoms with van der Waals surface area (Å²) in [7, 11) is 0. The highest BCUT2D eigenvalue weighted by Crippen LogP contribution is 2.23. The van der Waals surface area contributed by atoms with Gasteiger partial charge in [0.15, 0.2) is 0 Å². The number of rotatable bonds is 6. The van der Waals surface area contributed by atoms with Crippen LogP contribution in [0.15, 0.2) is 0 Å². The summed E-state index contributed by atoms with van der Waals surface area (Å²) in [5, 5.41) is 12.2. The average molecular weight is 260 g/mol. The van der Waals surface area contributed by atoms with E-state index in [9.17, 15) is 9.90 Å². The molecule has 1 fully saturated rings. The number of urea groups is 1. The fraction of sp³-hybridized carbons (Fsp3) is 0.917. The smallest absolute Gasteiger partial charge is 0.317 e. The molecule has 2 amide bonds. The summed E-state index contributed by atoms with van der Waals surface area (Å²) >= 11 is 1.83. The zero-order valence-electron chi connectivity index (χ0n) is 10.8. The van der Waals surface area contributed by atoms with E-state index in [2.05, 4.69) is 18.5 Å². The van der Waals surface area contributed by atoms with Crippen molar-refractivity contribution in [3.05, 3.63) is 0 Å². The molecule has 1 rings (SSSR count). The summed E-state index contributed by atoms with van der Waals surface area (Å²) in [4.78, 5) is 13.7. The summed E-state index contributed by atoms with van der Waals surface area (Å²) in [6.45, 7) is 3.67. The van der Waals surface area contributed by atoms with E-state index in [1.807, 2.05) is 11.8 Å². The molecule has 0 aliphatic carbocycles. The Hall–Kier alpha value is -0.420. The first-order valence-electron chi connectivity index (χ1n) is 6.35. The average Bonchev–Trinajstić information content (AvgIpc) is 2.70. The minimum Gasteiger partial charge on any atom is -0.394 e. The fourth-order valence-electron chi connectivity index (χ4n) is 2.21. The molecule has 100 valence electrons. The highest BCUT2D eigenvalue weighted by molar-refractivity contribution is 7.98. The van der Waals surface area contributed by atoms with Crippen molar-refractivity contribution in [2.45, 2.75) is 32.2 Å². The van der Waals surface area contributed by atoms with Crippen LogP contribution in [0, 0.1) is 5.92 Å². The van der Waals surface area contributed by atoms with E-state index in [0.717, 1.165) is 38.1 Å². The number of likely N-dealkylation sites (tertiary alicyclic amines) is 1. The molecule has 2 N–H and O–H groups in total. The van der Waals surface area contributed by atoms with Crippen LogP contribution in [0.3, 0.4) is 0 Å². The van der Waals surface area contributed by atoms with E-state index in [-0.39, 0.29) is 18.7 Å². The molecule has 0 spiro atoms. The summed E-state index contributed by atoms with van der Waals surface area (Å²) in [6.07, 6.45) is 5.25. The molecule has 0 aromatic rings. The van der Waals surface area contributed by atoms with Crippen LogP contribution >= 0.6 is 11.8 Å². The molecule has 5 heteroatoms. The van der Waals surface area contributed by atoms with Gasteiger partial charge >= 0.3 is 6.03 Å². The molecular formula is C12H24N2O2S. The van der Waals surface area contributed by atoms with Crippen LogP contribution in [0.1, 0.15) is 26.2 Å². The molecule has 1 aliphatic rings. The van der Waals surface area contributed by atoms with Gasteiger partial charge in [0.05, 0.1) is 12.6 Å². The van der Waals surface area contributed by atoms with Gasteiger partial charge in [-0.3, -0.25) is 0 Å². The Labute approximate surface area is 108 Å². The molecule has 0 aromatic heterocycles. The maximum atomic E-state index is 11.9. The number of amides is 2. The molecule has 0 aromatic carbocycles. The van der Waals surface area contributed by atoms with Gasteiger partial charge in [0.1, 0.15) is 0 Å². The lowest BCUT2D eigenvalue weighted by Gasteiger charge is -2.25. The second-order valence-corrected chi connectivity index (χ2v) is 5.63. The van der Waals surface area contributed by atoms with Crippen molar-refractivity contribution in [2.24, 2.45) is 5.92 Å². The number of nitrogens with zero attached hydrogens (tertiary/aromatic N) is 1. The number of aliphatic hydroxyl groups is 1. The minimum absolute atomic E-state index is 0.00111. The normalized spacial score (nSPS) is 24.1. The second kappa shape index (κ2) is 7.82. The van der Waals surface area contributed by atoms with Gasteiger partial charge in [0.25, 0.3) is 0 Å². The van der Waals surface area contributed by atoms with Crippen LogP contribution in [-0.2, 0) is 0 Å². The zero-order chi connectivity index (χ0) is 12.7. The molecule has 0 radical (unpaired) electrons. The van der Waals surface area contributed by atoms with Crippen LogP contribution in [0.2, 0.25) is 0 Å². The van der Waals surface area contributed by atoms with Crippen LogP contribution in [0.25, 0.3) is 0 Å². The number of thioether (sulfide) groups is 1. The summed E-state index contributed by atoms with van der Waals surface area (Å²) in [5.74, 6) is 1.55. The number of aliphatic hydroxyl groups excluding tert-OH is 1. The van der Waals surface area contributed by atoms with Crippen molar-refractivity contribution < 1.29 is 9.90 Å². The highest BCUT2D eigenvalue weighted by atomic mass is 32.2. The molecule has 1 heterocycles. The quantitative estimate of drug-likeness (QED) is 0.712. The van der Waals surface area contributed by atoms with Crippen molar-refractivity contribution in [1.29, 1.82) is 0 Å². The third kappa shape index (κ3) is 4.39. The molecular weight excluding hydrogens is 236 g/mol. The molecule has 2 atom stereocenters. The van der Waals surface area contributed by atoms with E-state index in [4.69, 9.17) is 0 Å². The Kier molecular flexibility index (Phi) is 6.73. The van der Waals surface area contributed by atoms with Gasteiger partial charge in [0.2, 0.25) is 0 Å². The van der Waals surface area contributed by atoms with E-state index < -0.39 is 0 Å². The Morgan fingerprint density at radius 3 is 2.94 bits per heavy atom. The Bertz CT molecular complexity index is 239. The van der Waals surface area contributed by atoms with Gasteiger partial charge in [-0.2, -0.15) is 11.8 Å². The Morgan fingerprint density at radius 1 is 1.53 bits per heavy atom. The maximum absolute atomic E-state index is 11.9. The predicted molar refractivity (Wildman–Crippen MR) is 72.4 cm³/mol. The second-order valence-electron chi connectivity index (χ2n) is 4.64. The Balaban J connectivity index is 2.23. The van der Waals surface area contributed by atoms with Crippen LogP contribution in [-0.4, -0.2) is 53.8 Å². The van der Waals surface area contributed by atoms with E-state index in [0.29, 0.717) is 5.92 Å². The molecule has 0 bridgehead atoms. The van der Waals surface area contributed by atoms with Crippen molar-refractivity contribution in [2.75, 3.05) is 31.7 Å². The summed E-state index contributed by atoms with van der Waals surface area (Å²) < 4.78 is 0. The largest absolute Gasteiger partial charge is 0.394 e. The predicted octanol–water partition coefficient (Wildman–Crippen LogP) is 1.54. The van der Waals surface area contributed by atoms with E-state index in [1.54, 1.807) is 4.90 Å². The molecule has 1 saturated heterocycles. The lowest BCUT2D eigenvalue weighted by atomic mass is 10.0. The number of hydrogen-bond donors (Lipinski definition) is 2. The van der Waals surface area contributed by atoms with Crippen LogP contribution in [0.4, 0.5) is 4.79 Å². The fourth-order valence-corrected chi connectivity index (χ4v) is 2.70. The lowest BCUT2D eigenvalue weighted by Crippen LogP contribution is -2.45. The van der Waals surface area contributed by atoms with E-state index >= 15 is 0 Å². The standard InChI is InChI=1S/C12H24N2O2S/c1-10-5-7-14(11(10)9-15)12(16)13-6-3-4-8-17-2/h10-11,15H,3-9H2,1-2H3,(H,13,16)/t10-,11+/m0/s1. The first-order chi connectivity index (χ1) is 8.20. The monoisotopic (exact) mass is 260 g/mol. The molecule has 4 nitrogen and oxygen atoms in total. The first-order valence-corrected chi connectivity index (χ1v) is 7.74. The van der Waals surface area contributed by atoms with Crippen molar-refractivity contribution in [3.8, 4) is 0 Å². The Morgan fingerprint density at radius 2 is 2.29 bits per heavy atom. The third-order valence-electron chi connectivity index (χ3n) is 3.38. The first kappa shape index (κ1) is 14.6. The van der Waals surface area contributed by atoms with Gasteiger partial charge in [-0.25, -0.2) is 4.79 Å². The lowest BCUT2D eigenvalue weighted by molar-refractivity contribution is 0.144. The van der Waals surface area contributed by atoms with Gasteiger partial charge in [0, 0.05) is 13.1 Å². The topological polar surface area (TPSA) is 52.6 Å². The zero-order valence-corrected chi connectivity index (χ0v) is 11.6. The molecule has 17 heavy (non-hydrogen) atoms. The van der Waals surface area contributed by atoms with Crippen LogP contribution in [0.5, 0.6) is 0 Å². The molecule has 0 unspecified atom stereocenters. The number of unbranched alkanes of at least 4 members (excludes halogenated alkanes) is 1.